The Hall–Kier alpha value is -1.33. The number of ketones is 1. The zero-order valence-corrected chi connectivity index (χ0v) is 10.8. The molecule has 0 aliphatic heterocycles. The number of Topliss-reactive ketones (excluding diaryl/α,β-unsaturated/α-hetero) is 1. The number of halogens is 1. The van der Waals surface area contributed by atoms with Crippen molar-refractivity contribution in [2.24, 2.45) is 0 Å². The molecule has 0 aliphatic carbocycles. The maximum atomic E-state index is 12.7. The van der Waals surface area contributed by atoms with Crippen molar-refractivity contribution in [1.29, 1.82) is 0 Å². The Balaban J connectivity index is 2.51. The van der Waals surface area contributed by atoms with Gasteiger partial charge in [-0.3, -0.25) is 14.7 Å². The lowest BCUT2D eigenvalue weighted by atomic mass is 10.1. The molecule has 0 atom stereocenters. The van der Waals surface area contributed by atoms with Crippen molar-refractivity contribution >= 4 is 5.78 Å². The van der Waals surface area contributed by atoms with E-state index < -0.39 is 5.82 Å². The van der Waals surface area contributed by atoms with E-state index in [0.29, 0.717) is 19.5 Å². The number of carbonyl (C=O) groups is 1. The molecular formula is C13H19FN2O2. The van der Waals surface area contributed by atoms with Gasteiger partial charge in [0.1, 0.15) is 11.5 Å². The number of carbonyl (C=O) groups excluding carboxylic acids is 1. The van der Waals surface area contributed by atoms with Crippen LogP contribution in [-0.4, -0.2) is 46.5 Å². The second kappa shape index (κ2) is 7.18. The van der Waals surface area contributed by atoms with Crippen molar-refractivity contribution in [1.82, 2.24) is 9.88 Å². The zero-order valence-electron chi connectivity index (χ0n) is 10.8. The van der Waals surface area contributed by atoms with Crippen LogP contribution in [0.1, 0.15) is 30.8 Å². The van der Waals surface area contributed by atoms with E-state index in [-0.39, 0.29) is 24.1 Å². The average molecular weight is 254 g/mol. The van der Waals surface area contributed by atoms with Gasteiger partial charge in [0, 0.05) is 25.6 Å². The van der Waals surface area contributed by atoms with Crippen molar-refractivity contribution in [3.05, 3.63) is 29.8 Å². The number of aliphatic hydroxyl groups is 1. The Morgan fingerprint density at radius 2 is 2.17 bits per heavy atom. The second-order valence-electron chi connectivity index (χ2n) is 4.39. The number of hydrogen-bond donors (Lipinski definition) is 1. The topological polar surface area (TPSA) is 53.4 Å². The molecule has 4 nitrogen and oxygen atoms in total. The largest absolute Gasteiger partial charge is 0.395 e. The Morgan fingerprint density at radius 3 is 2.67 bits per heavy atom. The van der Waals surface area contributed by atoms with Gasteiger partial charge in [0.25, 0.3) is 0 Å². The molecule has 1 aromatic heterocycles. The molecule has 0 amide bonds. The van der Waals surface area contributed by atoms with Gasteiger partial charge in [-0.2, -0.15) is 0 Å². The average Bonchev–Trinajstić information content (AvgIpc) is 2.34. The monoisotopic (exact) mass is 254 g/mol. The van der Waals surface area contributed by atoms with Gasteiger partial charge in [-0.1, -0.05) is 0 Å². The summed E-state index contributed by atoms with van der Waals surface area (Å²) in [4.78, 5) is 17.6. The summed E-state index contributed by atoms with van der Waals surface area (Å²) in [6, 6.07) is 2.89. The molecule has 0 fully saturated rings. The molecule has 0 bridgehead atoms. The number of nitrogens with zero attached hydrogens (tertiary/aromatic N) is 2. The standard InChI is InChI=1S/C13H19FN2O2/c1-10(2)16(7-8-17)6-5-13(18)12-4-3-11(14)9-15-12/h3-4,9-10,17H,5-8H2,1-2H3. The Bertz CT molecular complexity index is 379. The Kier molecular flexibility index (Phi) is 5.88. The molecule has 1 heterocycles. The Labute approximate surface area is 106 Å². The molecule has 0 unspecified atom stereocenters. The lowest BCUT2D eigenvalue weighted by molar-refractivity contribution is 0.0939. The van der Waals surface area contributed by atoms with Gasteiger partial charge in [-0.05, 0) is 26.0 Å². The van der Waals surface area contributed by atoms with Crippen LogP contribution in [0.4, 0.5) is 4.39 Å². The molecule has 0 saturated carbocycles. The van der Waals surface area contributed by atoms with Gasteiger partial charge >= 0.3 is 0 Å². The quantitative estimate of drug-likeness (QED) is 0.749. The molecule has 1 N–H and O–H groups in total. The number of aromatic nitrogens is 1. The highest BCUT2D eigenvalue weighted by molar-refractivity contribution is 5.94. The first-order chi connectivity index (χ1) is 8.54. The fourth-order valence-corrected chi connectivity index (χ4v) is 1.67. The number of pyridine rings is 1. The zero-order chi connectivity index (χ0) is 13.5. The summed E-state index contributed by atoms with van der Waals surface area (Å²) in [6.07, 6.45) is 1.36. The highest BCUT2D eigenvalue weighted by atomic mass is 19.1. The van der Waals surface area contributed by atoms with Gasteiger partial charge in [0.05, 0.1) is 12.8 Å². The van der Waals surface area contributed by atoms with Crippen molar-refractivity contribution in [2.75, 3.05) is 19.7 Å². The summed E-state index contributed by atoms with van der Waals surface area (Å²) in [7, 11) is 0. The predicted octanol–water partition coefficient (Wildman–Crippen LogP) is 1.50. The SMILES string of the molecule is CC(C)N(CCO)CCC(=O)c1ccc(F)cn1. The van der Waals surface area contributed by atoms with Crippen LogP contribution in [0.5, 0.6) is 0 Å². The molecule has 0 aromatic carbocycles. The summed E-state index contributed by atoms with van der Waals surface area (Å²) >= 11 is 0. The molecule has 1 aromatic rings. The maximum Gasteiger partial charge on any atom is 0.182 e. The third-order valence-electron chi connectivity index (χ3n) is 2.76. The molecule has 0 radical (unpaired) electrons. The van der Waals surface area contributed by atoms with E-state index in [9.17, 15) is 9.18 Å². The maximum absolute atomic E-state index is 12.7. The van der Waals surface area contributed by atoms with E-state index in [4.69, 9.17) is 5.11 Å². The molecule has 0 spiro atoms. The van der Waals surface area contributed by atoms with Crippen molar-refractivity contribution < 1.29 is 14.3 Å². The predicted molar refractivity (Wildman–Crippen MR) is 66.9 cm³/mol. The van der Waals surface area contributed by atoms with Crippen molar-refractivity contribution in [3.63, 3.8) is 0 Å². The molecule has 100 valence electrons. The van der Waals surface area contributed by atoms with E-state index in [1.54, 1.807) is 0 Å². The fraction of sp³-hybridized carbons (Fsp3) is 0.538. The molecule has 18 heavy (non-hydrogen) atoms. The molecule has 1 rings (SSSR count). The van der Waals surface area contributed by atoms with Gasteiger partial charge in [0.15, 0.2) is 5.78 Å². The summed E-state index contributed by atoms with van der Waals surface area (Å²) in [5.41, 5.74) is 0.282. The highest BCUT2D eigenvalue weighted by Gasteiger charge is 2.13. The van der Waals surface area contributed by atoms with E-state index in [0.717, 1.165) is 6.20 Å². The molecular weight excluding hydrogens is 235 g/mol. The van der Waals surface area contributed by atoms with Crippen LogP contribution in [0.25, 0.3) is 0 Å². The number of rotatable bonds is 7. The minimum absolute atomic E-state index is 0.0706. The lowest BCUT2D eigenvalue weighted by Gasteiger charge is -2.24. The first kappa shape index (κ1) is 14.7. The van der Waals surface area contributed by atoms with E-state index >= 15 is 0 Å². The van der Waals surface area contributed by atoms with E-state index in [1.165, 1.54) is 12.1 Å². The number of hydrogen-bond acceptors (Lipinski definition) is 4. The second-order valence-corrected chi connectivity index (χ2v) is 4.39. The van der Waals surface area contributed by atoms with E-state index in [2.05, 4.69) is 4.98 Å². The lowest BCUT2D eigenvalue weighted by Crippen LogP contribution is -2.35. The molecule has 0 aliphatic rings. The van der Waals surface area contributed by atoms with Crippen molar-refractivity contribution in [3.8, 4) is 0 Å². The van der Waals surface area contributed by atoms with Crippen LogP contribution in [0.15, 0.2) is 18.3 Å². The minimum atomic E-state index is -0.448. The summed E-state index contributed by atoms with van der Waals surface area (Å²) < 4.78 is 12.7. The van der Waals surface area contributed by atoms with Crippen LogP contribution in [-0.2, 0) is 0 Å². The molecule has 5 heteroatoms. The van der Waals surface area contributed by atoms with Crippen LogP contribution < -0.4 is 0 Å². The van der Waals surface area contributed by atoms with Crippen LogP contribution in [0, 0.1) is 5.82 Å². The summed E-state index contributed by atoms with van der Waals surface area (Å²) in [5, 5.41) is 8.92. The molecule has 0 saturated heterocycles. The third kappa shape index (κ3) is 4.50. The normalized spacial score (nSPS) is 11.2. The minimum Gasteiger partial charge on any atom is -0.395 e. The highest BCUT2D eigenvalue weighted by Crippen LogP contribution is 2.05. The van der Waals surface area contributed by atoms with Crippen molar-refractivity contribution in [2.45, 2.75) is 26.3 Å². The first-order valence-corrected chi connectivity index (χ1v) is 6.04. The van der Waals surface area contributed by atoms with E-state index in [1.807, 2.05) is 18.7 Å². The Morgan fingerprint density at radius 1 is 1.44 bits per heavy atom. The van der Waals surface area contributed by atoms with Crippen LogP contribution in [0.2, 0.25) is 0 Å². The smallest absolute Gasteiger partial charge is 0.182 e. The van der Waals surface area contributed by atoms with Crippen LogP contribution >= 0.6 is 0 Å². The van der Waals surface area contributed by atoms with Gasteiger partial charge in [0.2, 0.25) is 0 Å². The van der Waals surface area contributed by atoms with Gasteiger partial charge in [-0.15, -0.1) is 0 Å². The fourth-order valence-electron chi connectivity index (χ4n) is 1.67. The third-order valence-corrected chi connectivity index (χ3v) is 2.76. The summed E-state index contributed by atoms with van der Waals surface area (Å²) in [6.45, 7) is 5.20. The first-order valence-electron chi connectivity index (χ1n) is 6.04. The van der Waals surface area contributed by atoms with Crippen LogP contribution in [0.3, 0.4) is 0 Å². The van der Waals surface area contributed by atoms with Gasteiger partial charge < -0.3 is 5.11 Å². The number of aliphatic hydroxyl groups excluding tert-OH is 1. The van der Waals surface area contributed by atoms with Gasteiger partial charge in [-0.25, -0.2) is 4.39 Å². The summed E-state index contributed by atoms with van der Waals surface area (Å²) in [5.74, 6) is -0.561.